The Morgan fingerprint density at radius 3 is 2.79 bits per heavy atom. The molecule has 2 amide bonds. The minimum Gasteiger partial charge on any atom is -0.396 e. The Kier molecular flexibility index (Phi) is 4.37. The third-order valence-corrected chi connectivity index (χ3v) is 3.52. The highest BCUT2D eigenvalue weighted by atomic mass is 19.1. The van der Waals surface area contributed by atoms with Crippen LogP contribution in [0.15, 0.2) is 18.2 Å². The van der Waals surface area contributed by atoms with E-state index in [1.54, 1.807) is 17.0 Å². The molecule has 2 N–H and O–H groups in total. The van der Waals surface area contributed by atoms with Crippen LogP contribution in [0.1, 0.15) is 18.4 Å². The van der Waals surface area contributed by atoms with Gasteiger partial charge in [-0.05, 0) is 43.4 Å². The number of aliphatic hydroxyl groups is 1. The number of nitrogens with one attached hydrogen (secondary N) is 1. The van der Waals surface area contributed by atoms with Crippen LogP contribution in [0.4, 0.5) is 14.9 Å². The second kappa shape index (κ2) is 6.02. The summed E-state index contributed by atoms with van der Waals surface area (Å²) in [4.78, 5) is 13.7. The molecule has 1 fully saturated rings. The minimum absolute atomic E-state index is 0.169. The molecule has 104 valence electrons. The van der Waals surface area contributed by atoms with Gasteiger partial charge in [0.1, 0.15) is 5.82 Å². The lowest BCUT2D eigenvalue weighted by Crippen LogP contribution is -2.41. The van der Waals surface area contributed by atoms with Crippen LogP contribution in [-0.4, -0.2) is 35.7 Å². The van der Waals surface area contributed by atoms with Crippen molar-refractivity contribution in [3.05, 3.63) is 29.6 Å². The number of halogens is 1. The smallest absolute Gasteiger partial charge is 0.321 e. The van der Waals surface area contributed by atoms with Crippen LogP contribution in [0.3, 0.4) is 0 Å². The molecule has 0 bridgehead atoms. The van der Waals surface area contributed by atoms with Gasteiger partial charge in [-0.25, -0.2) is 9.18 Å². The number of carbonyl (C=O) groups is 1. The summed E-state index contributed by atoms with van der Waals surface area (Å²) < 4.78 is 13.5. The van der Waals surface area contributed by atoms with E-state index in [1.165, 1.54) is 6.07 Å². The average Bonchev–Trinajstić information content (AvgIpc) is 2.43. The molecule has 1 saturated heterocycles. The van der Waals surface area contributed by atoms with Crippen LogP contribution >= 0.6 is 0 Å². The van der Waals surface area contributed by atoms with E-state index in [2.05, 4.69) is 5.32 Å². The summed E-state index contributed by atoms with van der Waals surface area (Å²) in [6.07, 6.45) is 1.58. The molecule has 4 nitrogen and oxygen atoms in total. The zero-order chi connectivity index (χ0) is 13.8. The fourth-order valence-corrected chi connectivity index (χ4v) is 2.25. The number of aryl methyl sites for hydroxylation is 1. The van der Waals surface area contributed by atoms with Crippen LogP contribution in [0.5, 0.6) is 0 Å². The van der Waals surface area contributed by atoms with Crippen molar-refractivity contribution in [2.75, 3.05) is 25.0 Å². The van der Waals surface area contributed by atoms with Gasteiger partial charge in [0, 0.05) is 19.7 Å². The number of nitrogens with zero attached hydrogens (tertiary/aromatic N) is 1. The third-order valence-electron chi connectivity index (χ3n) is 3.52. The molecule has 0 aromatic heterocycles. The fraction of sp³-hybridized carbons (Fsp3) is 0.500. The maximum absolute atomic E-state index is 13.5. The first-order valence-electron chi connectivity index (χ1n) is 6.53. The number of rotatable bonds is 2. The van der Waals surface area contributed by atoms with Crippen LogP contribution in [0, 0.1) is 18.7 Å². The zero-order valence-electron chi connectivity index (χ0n) is 11.0. The normalized spacial score (nSPS) is 16.5. The van der Waals surface area contributed by atoms with Crippen molar-refractivity contribution in [2.24, 2.45) is 5.92 Å². The Balaban J connectivity index is 1.96. The lowest BCUT2D eigenvalue weighted by molar-refractivity contribution is 0.143. The van der Waals surface area contributed by atoms with Gasteiger partial charge in [-0.15, -0.1) is 0 Å². The maximum atomic E-state index is 13.5. The first-order chi connectivity index (χ1) is 9.10. The van der Waals surface area contributed by atoms with Crippen molar-refractivity contribution >= 4 is 11.7 Å². The number of hydrogen-bond acceptors (Lipinski definition) is 2. The molecule has 0 aliphatic carbocycles. The van der Waals surface area contributed by atoms with E-state index in [0.717, 1.165) is 18.4 Å². The standard InChI is InChI=1S/C14H19FN2O2/c1-10-2-3-12(15)13(8-10)16-14(19)17-6-4-11(9-18)5-7-17/h2-3,8,11,18H,4-7,9H2,1H3,(H,16,19). The van der Waals surface area contributed by atoms with Gasteiger partial charge in [0.25, 0.3) is 0 Å². The summed E-state index contributed by atoms with van der Waals surface area (Å²) in [5, 5.41) is 11.7. The molecule has 1 aliphatic heterocycles. The third kappa shape index (κ3) is 3.44. The molecule has 0 spiro atoms. The minimum atomic E-state index is -0.427. The van der Waals surface area contributed by atoms with Gasteiger partial charge in [-0.1, -0.05) is 6.07 Å². The number of benzene rings is 1. The van der Waals surface area contributed by atoms with Crippen molar-refractivity contribution in [1.82, 2.24) is 4.90 Å². The Hall–Kier alpha value is -1.62. The van der Waals surface area contributed by atoms with E-state index in [9.17, 15) is 9.18 Å². The van der Waals surface area contributed by atoms with Crippen LogP contribution < -0.4 is 5.32 Å². The van der Waals surface area contributed by atoms with Gasteiger partial charge in [0.15, 0.2) is 0 Å². The van der Waals surface area contributed by atoms with E-state index in [1.807, 2.05) is 6.92 Å². The van der Waals surface area contributed by atoms with Crippen molar-refractivity contribution < 1.29 is 14.3 Å². The Bertz CT molecular complexity index is 457. The zero-order valence-corrected chi connectivity index (χ0v) is 11.0. The van der Waals surface area contributed by atoms with Gasteiger partial charge < -0.3 is 15.3 Å². The molecule has 5 heteroatoms. The number of piperidine rings is 1. The first-order valence-corrected chi connectivity index (χ1v) is 6.53. The van der Waals surface area contributed by atoms with E-state index in [-0.39, 0.29) is 24.2 Å². The van der Waals surface area contributed by atoms with Gasteiger partial charge >= 0.3 is 6.03 Å². The topological polar surface area (TPSA) is 52.6 Å². The number of hydrogen-bond donors (Lipinski definition) is 2. The molecular weight excluding hydrogens is 247 g/mol. The fourth-order valence-electron chi connectivity index (χ4n) is 2.25. The molecule has 0 saturated carbocycles. The summed E-state index contributed by atoms with van der Waals surface area (Å²) in [5.41, 5.74) is 1.12. The first kappa shape index (κ1) is 13.8. The van der Waals surface area contributed by atoms with Crippen molar-refractivity contribution in [3.8, 4) is 0 Å². The Morgan fingerprint density at radius 1 is 1.47 bits per heavy atom. The largest absolute Gasteiger partial charge is 0.396 e. The summed E-state index contributed by atoms with van der Waals surface area (Å²) in [5.74, 6) is -0.149. The van der Waals surface area contributed by atoms with Gasteiger partial charge in [-0.2, -0.15) is 0 Å². The summed E-state index contributed by atoms with van der Waals surface area (Å²) >= 11 is 0. The summed E-state index contributed by atoms with van der Waals surface area (Å²) in [6.45, 7) is 3.22. The van der Waals surface area contributed by atoms with Crippen LogP contribution in [0.2, 0.25) is 0 Å². The maximum Gasteiger partial charge on any atom is 0.321 e. The van der Waals surface area contributed by atoms with Gasteiger partial charge in [-0.3, -0.25) is 0 Å². The second-order valence-electron chi connectivity index (χ2n) is 5.03. The predicted molar refractivity (Wildman–Crippen MR) is 71.5 cm³/mol. The van der Waals surface area contributed by atoms with E-state index in [4.69, 9.17) is 5.11 Å². The number of aliphatic hydroxyl groups excluding tert-OH is 1. The highest BCUT2D eigenvalue weighted by Crippen LogP contribution is 2.19. The van der Waals surface area contributed by atoms with Crippen molar-refractivity contribution in [3.63, 3.8) is 0 Å². The monoisotopic (exact) mass is 266 g/mol. The summed E-state index contributed by atoms with van der Waals surface area (Å²) in [7, 11) is 0. The lowest BCUT2D eigenvalue weighted by Gasteiger charge is -2.31. The van der Waals surface area contributed by atoms with Gasteiger partial charge in [0.05, 0.1) is 5.69 Å². The number of urea groups is 1. The molecule has 0 unspecified atom stereocenters. The molecule has 19 heavy (non-hydrogen) atoms. The molecular formula is C14H19FN2O2. The lowest BCUT2D eigenvalue weighted by atomic mass is 9.98. The highest BCUT2D eigenvalue weighted by molar-refractivity contribution is 5.89. The molecule has 0 radical (unpaired) electrons. The molecule has 2 rings (SSSR count). The number of amides is 2. The quantitative estimate of drug-likeness (QED) is 0.863. The number of likely N-dealkylation sites (tertiary alicyclic amines) is 1. The van der Waals surface area contributed by atoms with Crippen LogP contribution in [-0.2, 0) is 0 Å². The molecule has 1 aromatic rings. The number of anilines is 1. The van der Waals surface area contributed by atoms with Crippen molar-refractivity contribution in [1.29, 1.82) is 0 Å². The van der Waals surface area contributed by atoms with E-state index >= 15 is 0 Å². The highest BCUT2D eigenvalue weighted by Gasteiger charge is 2.22. The second-order valence-corrected chi connectivity index (χ2v) is 5.03. The molecule has 0 atom stereocenters. The summed E-state index contributed by atoms with van der Waals surface area (Å²) in [6, 6.07) is 4.36. The number of carbonyl (C=O) groups excluding carboxylic acids is 1. The SMILES string of the molecule is Cc1ccc(F)c(NC(=O)N2CCC(CO)CC2)c1. The van der Waals surface area contributed by atoms with Gasteiger partial charge in [0.2, 0.25) is 0 Å². The van der Waals surface area contributed by atoms with Crippen LogP contribution in [0.25, 0.3) is 0 Å². The molecule has 1 aliphatic rings. The van der Waals surface area contributed by atoms with E-state index in [0.29, 0.717) is 13.1 Å². The molecule has 1 heterocycles. The van der Waals surface area contributed by atoms with E-state index < -0.39 is 5.82 Å². The molecule has 1 aromatic carbocycles. The van der Waals surface area contributed by atoms with Crippen molar-refractivity contribution in [2.45, 2.75) is 19.8 Å². The average molecular weight is 266 g/mol. The predicted octanol–water partition coefficient (Wildman–Crippen LogP) is 2.37. The Morgan fingerprint density at radius 2 is 2.16 bits per heavy atom. The Labute approximate surface area is 112 Å².